The van der Waals surface area contributed by atoms with Gasteiger partial charge in [0.2, 0.25) is 5.91 Å². The lowest BCUT2D eigenvalue weighted by Gasteiger charge is -2.17. The van der Waals surface area contributed by atoms with Gasteiger partial charge in [-0.1, -0.05) is 47.8 Å². The van der Waals surface area contributed by atoms with Crippen LogP contribution in [0.5, 0.6) is 0 Å². The van der Waals surface area contributed by atoms with Crippen molar-refractivity contribution in [2.24, 2.45) is 5.73 Å². The molecule has 1 rings (SSSR count). The molecule has 0 aromatic heterocycles. The van der Waals surface area contributed by atoms with E-state index in [2.05, 4.69) is 28.2 Å². The van der Waals surface area contributed by atoms with E-state index in [1.54, 1.807) is 0 Å². The fraction of sp³-hybridized carbons (Fsp3) is 0.500. The summed E-state index contributed by atoms with van der Waals surface area (Å²) in [5, 5.41) is 2.95. The quantitative estimate of drug-likeness (QED) is 0.847. The Morgan fingerprint density at radius 1 is 1.39 bits per heavy atom. The zero-order valence-corrected chi connectivity index (χ0v) is 12.5. The van der Waals surface area contributed by atoms with Crippen LogP contribution >= 0.6 is 15.9 Å². The molecule has 0 aliphatic rings. The van der Waals surface area contributed by atoms with Crippen LogP contribution in [-0.4, -0.2) is 11.9 Å². The SMILES string of the molecule is CCCC[C@H](N)C(=O)N[C@H](C)c1ccc(Br)cc1. The van der Waals surface area contributed by atoms with Gasteiger partial charge < -0.3 is 11.1 Å². The molecule has 0 spiro atoms. The maximum Gasteiger partial charge on any atom is 0.237 e. The topological polar surface area (TPSA) is 55.1 Å². The van der Waals surface area contributed by atoms with E-state index in [0.29, 0.717) is 0 Å². The molecule has 0 fully saturated rings. The predicted molar refractivity (Wildman–Crippen MR) is 78.2 cm³/mol. The van der Waals surface area contributed by atoms with Crippen molar-refractivity contribution < 1.29 is 4.79 Å². The average molecular weight is 313 g/mol. The van der Waals surface area contributed by atoms with Crippen LogP contribution in [0.4, 0.5) is 0 Å². The van der Waals surface area contributed by atoms with Crippen molar-refractivity contribution in [2.45, 2.75) is 45.2 Å². The first kappa shape index (κ1) is 15.2. The maximum absolute atomic E-state index is 11.9. The Bertz CT molecular complexity index is 378. The van der Waals surface area contributed by atoms with E-state index < -0.39 is 6.04 Å². The van der Waals surface area contributed by atoms with Crippen LogP contribution < -0.4 is 11.1 Å². The molecule has 1 aromatic rings. The summed E-state index contributed by atoms with van der Waals surface area (Å²) in [6.45, 7) is 4.06. The fourth-order valence-corrected chi connectivity index (χ4v) is 1.97. The Hall–Kier alpha value is -0.870. The third-order valence-electron chi connectivity index (χ3n) is 2.93. The van der Waals surface area contributed by atoms with E-state index in [1.165, 1.54) is 0 Å². The smallest absolute Gasteiger partial charge is 0.237 e. The zero-order chi connectivity index (χ0) is 13.5. The molecule has 3 N–H and O–H groups in total. The minimum absolute atomic E-state index is 0.0155. The van der Waals surface area contributed by atoms with E-state index in [-0.39, 0.29) is 11.9 Å². The molecule has 18 heavy (non-hydrogen) atoms. The monoisotopic (exact) mass is 312 g/mol. The summed E-state index contributed by atoms with van der Waals surface area (Å²) in [4.78, 5) is 11.9. The number of nitrogens with two attached hydrogens (primary N) is 1. The first-order chi connectivity index (χ1) is 8.54. The van der Waals surface area contributed by atoms with Crippen molar-refractivity contribution in [3.63, 3.8) is 0 Å². The summed E-state index contributed by atoms with van der Waals surface area (Å²) in [5.41, 5.74) is 6.91. The third-order valence-corrected chi connectivity index (χ3v) is 3.46. The Morgan fingerprint density at radius 2 is 2.00 bits per heavy atom. The van der Waals surface area contributed by atoms with Crippen molar-refractivity contribution in [1.82, 2.24) is 5.32 Å². The van der Waals surface area contributed by atoms with Gasteiger partial charge in [0.25, 0.3) is 0 Å². The molecule has 0 saturated heterocycles. The summed E-state index contributed by atoms with van der Waals surface area (Å²) in [5.74, 6) is -0.0705. The molecule has 2 atom stereocenters. The van der Waals surface area contributed by atoms with Gasteiger partial charge in [-0.2, -0.15) is 0 Å². The van der Waals surface area contributed by atoms with Crippen molar-refractivity contribution in [3.8, 4) is 0 Å². The molecule has 0 saturated carbocycles. The van der Waals surface area contributed by atoms with Gasteiger partial charge in [-0.3, -0.25) is 4.79 Å². The largest absolute Gasteiger partial charge is 0.348 e. The molecule has 1 aromatic carbocycles. The molecule has 4 heteroatoms. The van der Waals surface area contributed by atoms with Crippen molar-refractivity contribution in [2.75, 3.05) is 0 Å². The van der Waals surface area contributed by atoms with Gasteiger partial charge in [-0.15, -0.1) is 0 Å². The summed E-state index contributed by atoms with van der Waals surface area (Å²) in [6, 6.07) is 7.50. The number of halogens is 1. The van der Waals surface area contributed by atoms with Crippen LogP contribution in [0.2, 0.25) is 0 Å². The summed E-state index contributed by atoms with van der Waals surface area (Å²) < 4.78 is 1.03. The van der Waals surface area contributed by atoms with Crippen LogP contribution in [0, 0.1) is 0 Å². The molecule has 1 amide bonds. The molecule has 3 nitrogen and oxygen atoms in total. The highest BCUT2D eigenvalue weighted by Gasteiger charge is 2.15. The number of carbonyl (C=O) groups excluding carboxylic acids is 1. The van der Waals surface area contributed by atoms with Crippen molar-refractivity contribution in [1.29, 1.82) is 0 Å². The van der Waals surface area contributed by atoms with Gasteiger partial charge in [0.05, 0.1) is 12.1 Å². The van der Waals surface area contributed by atoms with Gasteiger partial charge in [-0.05, 0) is 31.0 Å². The minimum atomic E-state index is -0.400. The lowest BCUT2D eigenvalue weighted by atomic mass is 10.1. The summed E-state index contributed by atoms with van der Waals surface area (Å²) in [6.07, 6.45) is 2.79. The van der Waals surface area contributed by atoms with E-state index >= 15 is 0 Å². The molecular formula is C14H21BrN2O. The zero-order valence-electron chi connectivity index (χ0n) is 10.9. The first-order valence-electron chi connectivity index (χ1n) is 6.36. The van der Waals surface area contributed by atoms with Gasteiger partial charge >= 0.3 is 0 Å². The van der Waals surface area contributed by atoms with E-state index in [0.717, 1.165) is 29.3 Å². The van der Waals surface area contributed by atoms with Crippen LogP contribution in [0.3, 0.4) is 0 Å². The normalized spacial score (nSPS) is 14.0. The second-order valence-corrected chi connectivity index (χ2v) is 5.45. The van der Waals surface area contributed by atoms with Gasteiger partial charge in [0.15, 0.2) is 0 Å². The molecule has 0 unspecified atom stereocenters. The molecule has 0 heterocycles. The standard InChI is InChI=1S/C14H21BrN2O/c1-3-4-5-13(16)14(18)17-10(2)11-6-8-12(15)9-7-11/h6-10,13H,3-5,16H2,1-2H3,(H,17,18)/t10-,13+/m1/s1. The number of amides is 1. The third kappa shape index (κ3) is 4.78. The second-order valence-electron chi connectivity index (χ2n) is 4.53. The highest BCUT2D eigenvalue weighted by molar-refractivity contribution is 9.10. The van der Waals surface area contributed by atoms with Crippen molar-refractivity contribution in [3.05, 3.63) is 34.3 Å². The molecule has 0 bridgehead atoms. The average Bonchev–Trinajstić information content (AvgIpc) is 2.36. The number of benzene rings is 1. The van der Waals surface area contributed by atoms with E-state index in [1.807, 2.05) is 31.2 Å². The minimum Gasteiger partial charge on any atom is -0.348 e. The Morgan fingerprint density at radius 3 is 2.56 bits per heavy atom. The summed E-state index contributed by atoms with van der Waals surface area (Å²) in [7, 11) is 0. The number of nitrogens with one attached hydrogen (secondary N) is 1. The highest BCUT2D eigenvalue weighted by Crippen LogP contribution is 2.16. The molecular weight excluding hydrogens is 292 g/mol. The van der Waals surface area contributed by atoms with Gasteiger partial charge in [0, 0.05) is 4.47 Å². The number of hydrogen-bond donors (Lipinski definition) is 2. The van der Waals surface area contributed by atoms with Gasteiger partial charge in [0.1, 0.15) is 0 Å². The van der Waals surface area contributed by atoms with Crippen LogP contribution in [0.25, 0.3) is 0 Å². The van der Waals surface area contributed by atoms with E-state index in [4.69, 9.17) is 5.73 Å². The lowest BCUT2D eigenvalue weighted by Crippen LogP contribution is -2.41. The molecule has 100 valence electrons. The number of carbonyl (C=O) groups is 1. The van der Waals surface area contributed by atoms with Gasteiger partial charge in [-0.25, -0.2) is 0 Å². The fourth-order valence-electron chi connectivity index (χ4n) is 1.71. The Balaban J connectivity index is 2.51. The molecule has 0 radical (unpaired) electrons. The number of rotatable bonds is 6. The highest BCUT2D eigenvalue weighted by atomic mass is 79.9. The van der Waals surface area contributed by atoms with Crippen LogP contribution in [0.1, 0.15) is 44.7 Å². The lowest BCUT2D eigenvalue weighted by molar-refractivity contribution is -0.123. The van der Waals surface area contributed by atoms with Crippen molar-refractivity contribution >= 4 is 21.8 Å². The van der Waals surface area contributed by atoms with Crippen LogP contribution in [-0.2, 0) is 4.79 Å². The number of hydrogen-bond acceptors (Lipinski definition) is 2. The van der Waals surface area contributed by atoms with Crippen LogP contribution in [0.15, 0.2) is 28.7 Å². The van der Waals surface area contributed by atoms with E-state index in [9.17, 15) is 4.79 Å². The maximum atomic E-state index is 11.9. The Kier molecular flexibility index (Phi) is 6.36. The molecule has 0 aliphatic heterocycles. The molecule has 0 aliphatic carbocycles. The Labute approximate surface area is 117 Å². The number of unbranched alkanes of at least 4 members (excludes halogenated alkanes) is 1. The summed E-state index contributed by atoms with van der Waals surface area (Å²) >= 11 is 3.39. The second kappa shape index (κ2) is 7.54. The predicted octanol–water partition coefficient (Wildman–Crippen LogP) is 3.14. The first-order valence-corrected chi connectivity index (χ1v) is 7.15.